The van der Waals surface area contributed by atoms with Crippen molar-refractivity contribution in [1.29, 1.82) is 0 Å². The Bertz CT molecular complexity index is 590. The number of hydrogen-bond acceptors (Lipinski definition) is 3. The lowest BCUT2D eigenvalue weighted by Crippen LogP contribution is -2.01. The number of benzene rings is 1. The molecule has 1 aromatic heterocycles. The zero-order valence-corrected chi connectivity index (χ0v) is 11.9. The summed E-state index contributed by atoms with van der Waals surface area (Å²) in [7, 11) is 0. The smallest absolute Gasteiger partial charge is 0.141 e. The largest absolute Gasteiger partial charge is 0.488 e. The Kier molecular flexibility index (Phi) is 4.50. The third-order valence-corrected chi connectivity index (χ3v) is 3.09. The normalized spacial score (nSPS) is 10.5. The van der Waals surface area contributed by atoms with Crippen LogP contribution in [0.4, 0.5) is 4.39 Å². The maximum Gasteiger partial charge on any atom is 0.141 e. The minimum Gasteiger partial charge on any atom is -0.488 e. The molecule has 0 amide bonds. The van der Waals surface area contributed by atoms with Crippen LogP contribution in [0, 0.1) is 12.7 Å². The molecule has 100 valence electrons. The topological polar surface area (TPSA) is 42.4 Å². The molecule has 1 aromatic carbocycles. The summed E-state index contributed by atoms with van der Waals surface area (Å²) in [6.45, 7) is 1.99. The maximum absolute atomic E-state index is 13.0. The van der Waals surface area contributed by atoms with E-state index in [1.54, 1.807) is 12.3 Å². The quantitative estimate of drug-likeness (QED) is 0.937. The van der Waals surface area contributed by atoms with Gasteiger partial charge in [-0.05, 0) is 30.7 Å². The average Bonchev–Trinajstić information content (AvgIpc) is 2.37. The van der Waals surface area contributed by atoms with Crippen molar-refractivity contribution in [2.75, 3.05) is 0 Å². The van der Waals surface area contributed by atoms with Gasteiger partial charge in [-0.25, -0.2) is 4.39 Å². The highest BCUT2D eigenvalue weighted by Gasteiger charge is 2.09. The van der Waals surface area contributed by atoms with E-state index in [4.69, 9.17) is 4.74 Å². The first kappa shape index (κ1) is 14.0. The molecule has 3 nitrogen and oxygen atoms in total. The molecular weight excluding hydrogens is 313 g/mol. The van der Waals surface area contributed by atoms with E-state index in [0.29, 0.717) is 16.9 Å². The second kappa shape index (κ2) is 6.12. The van der Waals surface area contributed by atoms with Crippen LogP contribution in [-0.2, 0) is 13.2 Å². The van der Waals surface area contributed by atoms with Crippen LogP contribution in [0.25, 0.3) is 0 Å². The third-order valence-electron chi connectivity index (χ3n) is 2.63. The van der Waals surface area contributed by atoms with Gasteiger partial charge in [-0.2, -0.15) is 0 Å². The van der Waals surface area contributed by atoms with E-state index in [1.165, 1.54) is 6.07 Å². The maximum atomic E-state index is 13.0. The molecule has 19 heavy (non-hydrogen) atoms. The molecule has 0 fully saturated rings. The molecule has 5 heteroatoms. The van der Waals surface area contributed by atoms with E-state index >= 15 is 0 Å². The number of aromatic nitrogens is 1. The summed E-state index contributed by atoms with van der Waals surface area (Å²) in [5, 5.41) is 9.34. The van der Waals surface area contributed by atoms with Gasteiger partial charge >= 0.3 is 0 Å². The molecule has 0 aliphatic carbocycles. The van der Waals surface area contributed by atoms with Crippen LogP contribution in [-0.4, -0.2) is 10.1 Å². The summed E-state index contributed by atoms with van der Waals surface area (Å²) < 4.78 is 19.6. The lowest BCUT2D eigenvalue weighted by molar-refractivity contribution is 0.257. The summed E-state index contributed by atoms with van der Waals surface area (Å²) in [5.41, 5.74) is 2.24. The monoisotopic (exact) mass is 325 g/mol. The van der Waals surface area contributed by atoms with Crippen molar-refractivity contribution in [3.8, 4) is 5.75 Å². The van der Waals surface area contributed by atoms with E-state index in [1.807, 2.05) is 13.0 Å². The van der Waals surface area contributed by atoms with Gasteiger partial charge in [0, 0.05) is 21.8 Å². The zero-order valence-electron chi connectivity index (χ0n) is 10.4. The molecule has 0 aliphatic heterocycles. The van der Waals surface area contributed by atoms with Gasteiger partial charge in [0.15, 0.2) is 0 Å². The lowest BCUT2D eigenvalue weighted by atomic mass is 10.1. The Morgan fingerprint density at radius 3 is 2.79 bits per heavy atom. The average molecular weight is 326 g/mol. The Labute approximate surface area is 119 Å². The van der Waals surface area contributed by atoms with Gasteiger partial charge in [-0.3, -0.25) is 4.98 Å². The molecule has 2 aromatic rings. The fraction of sp³-hybridized carbons (Fsp3) is 0.214. The van der Waals surface area contributed by atoms with Crippen molar-refractivity contribution in [3.63, 3.8) is 0 Å². The fourth-order valence-corrected chi connectivity index (χ4v) is 2.43. The Balaban J connectivity index is 2.19. The van der Waals surface area contributed by atoms with Crippen LogP contribution in [0.3, 0.4) is 0 Å². The fourth-order valence-electron chi connectivity index (χ4n) is 1.81. The second-order valence-electron chi connectivity index (χ2n) is 4.17. The lowest BCUT2D eigenvalue weighted by Gasteiger charge is -2.13. The Hall–Kier alpha value is -1.46. The standard InChI is InChI=1S/C14H13BrFNO2/c1-9-2-12(15)4-11(7-18)14(9)19-8-10-3-13(16)6-17-5-10/h2-6,18H,7-8H2,1H3. The first-order chi connectivity index (χ1) is 9.10. The van der Waals surface area contributed by atoms with Crippen molar-refractivity contribution >= 4 is 15.9 Å². The first-order valence-corrected chi connectivity index (χ1v) is 6.51. The minimum absolute atomic E-state index is 0.114. The van der Waals surface area contributed by atoms with E-state index < -0.39 is 5.82 Å². The molecular formula is C14H13BrFNO2. The number of pyridine rings is 1. The highest BCUT2D eigenvalue weighted by molar-refractivity contribution is 9.10. The molecule has 0 radical (unpaired) electrons. The second-order valence-corrected chi connectivity index (χ2v) is 5.08. The predicted octanol–water partition coefficient (Wildman–Crippen LogP) is 3.36. The van der Waals surface area contributed by atoms with Crippen LogP contribution in [0.2, 0.25) is 0 Å². The highest BCUT2D eigenvalue weighted by Crippen LogP contribution is 2.28. The third kappa shape index (κ3) is 3.52. The van der Waals surface area contributed by atoms with Crippen molar-refractivity contribution in [2.24, 2.45) is 0 Å². The van der Waals surface area contributed by atoms with Crippen LogP contribution in [0.15, 0.2) is 35.1 Å². The number of aliphatic hydroxyl groups is 1. The molecule has 0 saturated heterocycles. The van der Waals surface area contributed by atoms with Crippen molar-refractivity contribution < 1.29 is 14.2 Å². The Morgan fingerprint density at radius 1 is 1.32 bits per heavy atom. The SMILES string of the molecule is Cc1cc(Br)cc(CO)c1OCc1cncc(F)c1. The summed E-state index contributed by atoms with van der Waals surface area (Å²) in [6, 6.07) is 5.07. The highest BCUT2D eigenvalue weighted by atomic mass is 79.9. The molecule has 0 saturated carbocycles. The molecule has 0 unspecified atom stereocenters. The summed E-state index contributed by atoms with van der Waals surface area (Å²) in [4.78, 5) is 3.76. The Morgan fingerprint density at radius 2 is 2.11 bits per heavy atom. The van der Waals surface area contributed by atoms with Crippen LogP contribution in [0.5, 0.6) is 5.75 Å². The van der Waals surface area contributed by atoms with Crippen LogP contribution < -0.4 is 4.74 Å². The summed E-state index contributed by atoms with van der Waals surface area (Å²) >= 11 is 3.37. The molecule has 2 rings (SSSR count). The molecule has 0 spiro atoms. The van der Waals surface area contributed by atoms with Crippen LogP contribution in [0.1, 0.15) is 16.7 Å². The first-order valence-electron chi connectivity index (χ1n) is 5.72. The van der Waals surface area contributed by atoms with Gasteiger partial charge in [-0.1, -0.05) is 15.9 Å². The molecule has 1 N–H and O–H groups in total. The van der Waals surface area contributed by atoms with E-state index in [-0.39, 0.29) is 13.2 Å². The number of hydrogen-bond donors (Lipinski definition) is 1. The number of aliphatic hydroxyl groups excluding tert-OH is 1. The molecule has 0 bridgehead atoms. The van der Waals surface area contributed by atoms with E-state index in [0.717, 1.165) is 16.2 Å². The van der Waals surface area contributed by atoms with E-state index in [9.17, 15) is 9.50 Å². The van der Waals surface area contributed by atoms with Gasteiger partial charge in [0.05, 0.1) is 12.8 Å². The summed E-state index contributed by atoms with van der Waals surface area (Å²) in [5.74, 6) is 0.228. The molecule has 1 heterocycles. The van der Waals surface area contributed by atoms with Gasteiger partial charge in [-0.15, -0.1) is 0 Å². The summed E-state index contributed by atoms with van der Waals surface area (Å²) in [6.07, 6.45) is 2.70. The number of nitrogens with zero attached hydrogens (tertiary/aromatic N) is 1. The zero-order chi connectivity index (χ0) is 13.8. The minimum atomic E-state index is -0.393. The van der Waals surface area contributed by atoms with Gasteiger partial charge in [0.1, 0.15) is 18.2 Å². The number of aryl methyl sites for hydroxylation is 1. The molecule has 0 aliphatic rings. The van der Waals surface area contributed by atoms with Gasteiger partial charge < -0.3 is 9.84 Å². The number of halogens is 2. The number of rotatable bonds is 4. The van der Waals surface area contributed by atoms with E-state index in [2.05, 4.69) is 20.9 Å². The van der Waals surface area contributed by atoms with Crippen molar-refractivity contribution in [3.05, 3.63) is 57.6 Å². The van der Waals surface area contributed by atoms with Crippen LogP contribution >= 0.6 is 15.9 Å². The molecule has 0 atom stereocenters. The van der Waals surface area contributed by atoms with Crippen molar-refractivity contribution in [1.82, 2.24) is 4.98 Å². The predicted molar refractivity (Wildman–Crippen MR) is 73.3 cm³/mol. The van der Waals surface area contributed by atoms with Gasteiger partial charge in [0.2, 0.25) is 0 Å². The number of ether oxygens (including phenoxy) is 1. The van der Waals surface area contributed by atoms with Gasteiger partial charge in [0.25, 0.3) is 0 Å². The van der Waals surface area contributed by atoms with Crippen molar-refractivity contribution in [2.45, 2.75) is 20.1 Å².